The summed E-state index contributed by atoms with van der Waals surface area (Å²) in [5.74, 6) is 0. The maximum absolute atomic E-state index is 12.6. The highest BCUT2D eigenvalue weighted by atomic mass is 16.6. The van der Waals surface area contributed by atoms with Gasteiger partial charge in [0, 0.05) is 0 Å². The second kappa shape index (κ2) is 4.77. The summed E-state index contributed by atoms with van der Waals surface area (Å²) in [6.45, 7) is 0. The minimum absolute atomic E-state index is 0.0862. The molecule has 0 unspecified atom stereocenters. The summed E-state index contributed by atoms with van der Waals surface area (Å²) < 4.78 is 2.93. The molecule has 7 nitrogen and oxygen atoms in total. The van der Waals surface area contributed by atoms with Gasteiger partial charge in [-0.3, -0.25) is 10.1 Å². The van der Waals surface area contributed by atoms with Crippen molar-refractivity contribution in [2.75, 3.05) is 0 Å². The van der Waals surface area contributed by atoms with Gasteiger partial charge < -0.3 is 0 Å². The fourth-order valence-corrected chi connectivity index (χ4v) is 2.71. The van der Waals surface area contributed by atoms with Crippen LogP contribution in [0, 0.1) is 10.1 Å². The van der Waals surface area contributed by atoms with E-state index >= 15 is 0 Å². The lowest BCUT2D eigenvalue weighted by Gasteiger charge is -1.97. The van der Waals surface area contributed by atoms with Crippen LogP contribution < -0.4 is 10.1 Å². The summed E-state index contributed by atoms with van der Waals surface area (Å²) in [5.41, 5.74) is 1.03. The Hall–Kier alpha value is -3.48. The van der Waals surface area contributed by atoms with E-state index in [-0.39, 0.29) is 16.8 Å². The Kier molecular flexibility index (Phi) is 2.74. The zero-order valence-electron chi connectivity index (χ0n) is 11.8. The van der Waals surface area contributed by atoms with Crippen molar-refractivity contribution in [2.24, 2.45) is 0 Å². The Morgan fingerprint density at radius 1 is 1.00 bits per heavy atom. The third-order valence-corrected chi connectivity index (χ3v) is 3.77. The third kappa shape index (κ3) is 1.90. The number of aromatic nitrogens is 3. The van der Waals surface area contributed by atoms with Crippen LogP contribution >= 0.6 is 0 Å². The highest BCUT2D eigenvalue weighted by Gasteiger charge is 2.24. The summed E-state index contributed by atoms with van der Waals surface area (Å²) in [6.07, 6.45) is 0. The number of fused-ring (bicyclic) bond motifs is 3. The Bertz CT molecular complexity index is 1110. The van der Waals surface area contributed by atoms with Crippen molar-refractivity contribution in [1.82, 2.24) is 9.90 Å². The van der Waals surface area contributed by atoms with Crippen molar-refractivity contribution >= 4 is 22.1 Å². The molecule has 0 spiro atoms. The number of nitrogens with one attached hydrogen (secondary N) is 1. The molecule has 0 aliphatic carbocycles. The minimum atomic E-state index is -0.471. The normalized spacial score (nSPS) is 11.1. The van der Waals surface area contributed by atoms with Crippen LogP contribution in [0.5, 0.6) is 0 Å². The zero-order valence-corrected chi connectivity index (χ0v) is 11.8. The summed E-state index contributed by atoms with van der Waals surface area (Å²) in [5, 5.41) is 14.8. The molecule has 0 radical (unpaired) electrons. The fourth-order valence-electron chi connectivity index (χ4n) is 2.71. The molecule has 0 aliphatic rings. The first-order valence-electron chi connectivity index (χ1n) is 6.95. The van der Waals surface area contributed by atoms with Crippen LogP contribution in [-0.4, -0.2) is 14.8 Å². The molecule has 0 fully saturated rings. The Morgan fingerprint density at radius 3 is 2.43 bits per heavy atom. The Morgan fingerprint density at radius 2 is 1.70 bits per heavy atom. The summed E-state index contributed by atoms with van der Waals surface area (Å²) >= 11 is 0. The number of H-pyrrole nitrogens is 1. The summed E-state index contributed by atoms with van der Waals surface area (Å²) in [7, 11) is 0. The molecule has 0 amide bonds. The van der Waals surface area contributed by atoms with E-state index in [0.717, 1.165) is 0 Å². The lowest BCUT2D eigenvalue weighted by Crippen LogP contribution is -2.26. The molecule has 0 atom stereocenters. The standard InChI is InChI=1S/C16H10N4O3/c21-16-15-10-14(20(22)23)12-8-4-5-9-13(12)19(15)17-18(16)11-6-2-1-3-7-11/h1-10H/p+1. The molecule has 112 valence electrons. The van der Waals surface area contributed by atoms with Crippen LogP contribution in [-0.2, 0) is 0 Å². The van der Waals surface area contributed by atoms with Crippen molar-refractivity contribution in [3.63, 3.8) is 0 Å². The molecule has 0 saturated heterocycles. The van der Waals surface area contributed by atoms with Gasteiger partial charge in [-0.2, -0.15) is 0 Å². The number of nitro groups is 1. The van der Waals surface area contributed by atoms with Gasteiger partial charge in [0.05, 0.1) is 11.0 Å². The molecule has 0 bridgehead atoms. The van der Waals surface area contributed by atoms with Gasteiger partial charge in [-0.05, 0) is 24.3 Å². The van der Waals surface area contributed by atoms with Crippen LogP contribution in [0.3, 0.4) is 0 Å². The van der Waals surface area contributed by atoms with Gasteiger partial charge in [0.2, 0.25) is 0 Å². The smallest absolute Gasteiger partial charge is 0.258 e. The first-order valence-corrected chi connectivity index (χ1v) is 6.95. The molecule has 7 heteroatoms. The van der Waals surface area contributed by atoms with Gasteiger partial charge in [0.15, 0.2) is 11.2 Å². The molecule has 1 N–H and O–H groups in total. The number of benzene rings is 2. The van der Waals surface area contributed by atoms with E-state index < -0.39 is 4.92 Å². The van der Waals surface area contributed by atoms with E-state index in [9.17, 15) is 14.9 Å². The zero-order chi connectivity index (χ0) is 16.0. The summed E-state index contributed by atoms with van der Waals surface area (Å²) in [4.78, 5) is 23.5. The second-order valence-corrected chi connectivity index (χ2v) is 5.10. The largest absolute Gasteiger partial charge is 0.406 e. The predicted molar refractivity (Wildman–Crippen MR) is 83.7 cm³/mol. The second-order valence-electron chi connectivity index (χ2n) is 5.10. The van der Waals surface area contributed by atoms with E-state index in [4.69, 9.17) is 0 Å². The average molecular weight is 307 g/mol. The molecule has 2 aromatic carbocycles. The number of hydrogen-bond donors (Lipinski definition) is 1. The first-order chi connectivity index (χ1) is 11.2. The van der Waals surface area contributed by atoms with Crippen molar-refractivity contribution < 1.29 is 9.44 Å². The number of rotatable bonds is 2. The monoisotopic (exact) mass is 307 g/mol. The maximum Gasteiger partial charge on any atom is 0.406 e. The molecule has 2 aromatic heterocycles. The van der Waals surface area contributed by atoms with E-state index in [1.807, 2.05) is 18.2 Å². The fraction of sp³-hybridized carbons (Fsp3) is 0. The Balaban J connectivity index is 2.17. The molecule has 0 saturated carbocycles. The van der Waals surface area contributed by atoms with Crippen LogP contribution in [0.4, 0.5) is 5.69 Å². The lowest BCUT2D eigenvalue weighted by molar-refractivity contribution is -0.556. The van der Waals surface area contributed by atoms with Gasteiger partial charge in [0.25, 0.3) is 11.2 Å². The molecule has 4 rings (SSSR count). The van der Waals surface area contributed by atoms with Gasteiger partial charge in [-0.1, -0.05) is 40.2 Å². The van der Waals surface area contributed by atoms with Gasteiger partial charge >= 0.3 is 5.56 Å². The molecular weight excluding hydrogens is 296 g/mol. The van der Waals surface area contributed by atoms with Crippen molar-refractivity contribution in [3.8, 4) is 5.69 Å². The predicted octanol–water partition coefficient (Wildman–Crippen LogP) is 1.97. The minimum Gasteiger partial charge on any atom is -0.258 e. The molecule has 0 aliphatic heterocycles. The molecule has 2 heterocycles. The number of nitrogens with zero attached hydrogens (tertiary/aromatic N) is 3. The molecule has 23 heavy (non-hydrogen) atoms. The van der Waals surface area contributed by atoms with E-state index in [0.29, 0.717) is 16.6 Å². The van der Waals surface area contributed by atoms with Gasteiger partial charge in [-0.15, -0.1) is 4.52 Å². The highest BCUT2D eigenvalue weighted by Crippen LogP contribution is 2.23. The van der Waals surface area contributed by atoms with Crippen molar-refractivity contribution in [3.05, 3.63) is 81.1 Å². The highest BCUT2D eigenvalue weighted by molar-refractivity contribution is 5.87. The SMILES string of the molecule is O=c1c2cc([N+](=O)[O-])c3ccccc3[n+]2[nH]n1-c1ccccc1. The Labute approximate surface area is 129 Å². The number of pyridine rings is 1. The van der Waals surface area contributed by atoms with E-state index in [1.54, 1.807) is 40.9 Å². The van der Waals surface area contributed by atoms with Gasteiger partial charge in [0.1, 0.15) is 5.39 Å². The summed E-state index contributed by atoms with van der Waals surface area (Å²) in [6, 6.07) is 17.3. The maximum atomic E-state index is 12.6. The average Bonchev–Trinajstić information content (AvgIpc) is 2.92. The van der Waals surface area contributed by atoms with Crippen LogP contribution in [0.15, 0.2) is 65.5 Å². The third-order valence-electron chi connectivity index (χ3n) is 3.77. The first kappa shape index (κ1) is 13.2. The number of hydrogen-bond acceptors (Lipinski definition) is 3. The molecular formula is C16H11N4O3+. The van der Waals surface area contributed by atoms with E-state index in [1.165, 1.54) is 10.7 Å². The van der Waals surface area contributed by atoms with Gasteiger partial charge in [-0.25, -0.2) is 4.79 Å². The van der Waals surface area contributed by atoms with Crippen LogP contribution in [0.1, 0.15) is 0 Å². The number of para-hydroxylation sites is 2. The lowest BCUT2D eigenvalue weighted by atomic mass is 10.2. The van der Waals surface area contributed by atoms with E-state index in [2.05, 4.69) is 5.21 Å². The quantitative estimate of drug-likeness (QED) is 0.349. The topological polar surface area (TPSA) is 85.0 Å². The van der Waals surface area contributed by atoms with Crippen LogP contribution in [0.25, 0.3) is 22.1 Å². The molecule has 4 aromatic rings. The number of aromatic amines is 1. The van der Waals surface area contributed by atoms with Crippen molar-refractivity contribution in [2.45, 2.75) is 0 Å². The van der Waals surface area contributed by atoms with Crippen LogP contribution in [0.2, 0.25) is 0 Å². The van der Waals surface area contributed by atoms with Crippen molar-refractivity contribution in [1.29, 1.82) is 0 Å².